The molecular weight excluding hydrogens is 368 g/mol. The molecule has 0 aliphatic carbocycles. The van der Waals surface area contributed by atoms with Gasteiger partial charge in [0.2, 0.25) is 5.13 Å². The lowest BCUT2D eigenvalue weighted by Gasteiger charge is -2.02. The van der Waals surface area contributed by atoms with Crippen molar-refractivity contribution in [3.63, 3.8) is 0 Å². The van der Waals surface area contributed by atoms with Gasteiger partial charge in [0.05, 0.1) is 0 Å². The van der Waals surface area contributed by atoms with Crippen LogP contribution in [0.5, 0.6) is 0 Å². The second-order valence-electron chi connectivity index (χ2n) is 4.91. The number of nitrogens with one attached hydrogen (secondary N) is 1. The Hall–Kier alpha value is -1.91. The molecular formula is C14H14N4O3S3. The third-order valence-electron chi connectivity index (χ3n) is 3.07. The van der Waals surface area contributed by atoms with Crippen LogP contribution >= 0.6 is 23.1 Å². The number of anilines is 1. The van der Waals surface area contributed by atoms with Gasteiger partial charge in [-0.05, 0) is 19.4 Å². The van der Waals surface area contributed by atoms with Gasteiger partial charge in [0, 0.05) is 5.75 Å². The van der Waals surface area contributed by atoms with Crippen molar-refractivity contribution in [3.8, 4) is 0 Å². The normalized spacial score (nSPS) is 11.6. The molecule has 0 saturated heterocycles. The monoisotopic (exact) mass is 382 g/mol. The van der Waals surface area contributed by atoms with E-state index < -0.39 is 10.0 Å². The Labute approximate surface area is 147 Å². The third kappa shape index (κ3) is 3.77. The van der Waals surface area contributed by atoms with Gasteiger partial charge in [0.25, 0.3) is 10.0 Å². The fraction of sp³-hybridized carbons (Fsp3) is 0.214. The predicted molar refractivity (Wildman–Crippen MR) is 92.7 cm³/mol. The minimum atomic E-state index is -3.79. The lowest BCUT2D eigenvalue weighted by atomic mass is 10.2. The molecule has 0 amide bonds. The number of aromatic nitrogens is 3. The van der Waals surface area contributed by atoms with Crippen LogP contribution in [-0.4, -0.2) is 23.8 Å². The number of thioether (sulfide) groups is 1. The largest absolute Gasteiger partial charge is 0.360 e. The van der Waals surface area contributed by atoms with Crippen LogP contribution in [0.2, 0.25) is 0 Å². The minimum absolute atomic E-state index is 0.0381. The topological polar surface area (TPSA) is 98.0 Å². The van der Waals surface area contributed by atoms with Gasteiger partial charge in [-0.1, -0.05) is 58.6 Å². The van der Waals surface area contributed by atoms with Gasteiger partial charge in [0.1, 0.15) is 5.69 Å². The van der Waals surface area contributed by atoms with Crippen LogP contribution < -0.4 is 4.72 Å². The summed E-state index contributed by atoms with van der Waals surface area (Å²) < 4.78 is 32.8. The van der Waals surface area contributed by atoms with E-state index in [4.69, 9.17) is 4.52 Å². The summed E-state index contributed by atoms with van der Waals surface area (Å²) in [5.41, 5.74) is 1.47. The summed E-state index contributed by atoms with van der Waals surface area (Å²) in [6.07, 6.45) is 0. The first-order chi connectivity index (χ1) is 11.5. The Morgan fingerprint density at radius 3 is 2.62 bits per heavy atom. The van der Waals surface area contributed by atoms with E-state index in [0.717, 1.165) is 11.3 Å². The van der Waals surface area contributed by atoms with Crippen LogP contribution in [0.15, 0.2) is 44.1 Å². The molecule has 0 fully saturated rings. The zero-order valence-electron chi connectivity index (χ0n) is 12.9. The fourth-order valence-electron chi connectivity index (χ4n) is 2.05. The Bertz CT molecular complexity index is 916. The second-order valence-corrected chi connectivity index (χ2v) is 8.73. The van der Waals surface area contributed by atoms with Crippen molar-refractivity contribution >= 4 is 38.3 Å². The molecule has 1 N–H and O–H groups in total. The number of hydrogen-bond acceptors (Lipinski definition) is 8. The Morgan fingerprint density at radius 2 is 1.96 bits per heavy atom. The maximum Gasteiger partial charge on any atom is 0.269 e. The molecule has 3 aromatic rings. The van der Waals surface area contributed by atoms with Crippen molar-refractivity contribution in [2.24, 2.45) is 0 Å². The van der Waals surface area contributed by atoms with Gasteiger partial charge in [-0.3, -0.25) is 4.72 Å². The molecule has 0 aliphatic rings. The first-order valence-corrected chi connectivity index (χ1v) is 10.2. The first-order valence-electron chi connectivity index (χ1n) is 6.91. The Balaban J connectivity index is 1.70. The third-order valence-corrected chi connectivity index (χ3v) is 6.82. The van der Waals surface area contributed by atoms with Crippen LogP contribution in [0.3, 0.4) is 0 Å². The molecule has 0 radical (unpaired) electrons. The highest BCUT2D eigenvalue weighted by Crippen LogP contribution is 2.30. The maximum absolute atomic E-state index is 12.4. The standard InChI is InChI=1S/C14H14N4O3S3/c1-9-12(10(2)21-17-9)24(19,20)18-13-15-16-14(23-13)22-8-11-6-4-3-5-7-11/h3-7H,8H2,1-2H3,(H,15,18). The van der Waals surface area contributed by atoms with E-state index in [0.29, 0.717) is 10.0 Å². The lowest BCUT2D eigenvalue weighted by molar-refractivity contribution is 0.390. The van der Waals surface area contributed by atoms with Gasteiger partial charge in [-0.25, -0.2) is 8.42 Å². The van der Waals surface area contributed by atoms with Gasteiger partial charge in [0.15, 0.2) is 15.0 Å². The van der Waals surface area contributed by atoms with Crippen molar-refractivity contribution in [2.45, 2.75) is 28.8 Å². The fourth-order valence-corrected chi connectivity index (χ4v) is 5.32. The van der Waals surface area contributed by atoms with Crippen molar-refractivity contribution in [1.82, 2.24) is 15.4 Å². The van der Waals surface area contributed by atoms with Crippen LogP contribution in [-0.2, 0) is 15.8 Å². The van der Waals surface area contributed by atoms with Crippen molar-refractivity contribution < 1.29 is 12.9 Å². The number of benzene rings is 1. The van der Waals surface area contributed by atoms with E-state index in [-0.39, 0.29) is 15.8 Å². The van der Waals surface area contributed by atoms with Crippen LogP contribution in [0.1, 0.15) is 17.0 Å². The highest BCUT2D eigenvalue weighted by Gasteiger charge is 2.25. The predicted octanol–water partition coefficient (Wildman–Crippen LogP) is 3.24. The summed E-state index contributed by atoms with van der Waals surface area (Å²) in [4.78, 5) is 0.0381. The van der Waals surface area contributed by atoms with E-state index in [1.165, 1.54) is 23.1 Å². The van der Waals surface area contributed by atoms with Crippen LogP contribution in [0.25, 0.3) is 0 Å². The van der Waals surface area contributed by atoms with Gasteiger partial charge in [-0.15, -0.1) is 10.2 Å². The number of sulfonamides is 1. The average molecular weight is 382 g/mol. The van der Waals surface area contributed by atoms with Crippen LogP contribution in [0.4, 0.5) is 5.13 Å². The van der Waals surface area contributed by atoms with Gasteiger partial charge >= 0.3 is 0 Å². The second kappa shape index (κ2) is 6.91. The van der Waals surface area contributed by atoms with Crippen molar-refractivity contribution in [1.29, 1.82) is 0 Å². The molecule has 0 bridgehead atoms. The number of aryl methyl sites for hydroxylation is 2. The summed E-state index contributed by atoms with van der Waals surface area (Å²) in [5, 5.41) is 11.8. The Kier molecular flexibility index (Phi) is 4.88. The van der Waals surface area contributed by atoms with Crippen LogP contribution in [0, 0.1) is 13.8 Å². The molecule has 2 heterocycles. The highest BCUT2D eigenvalue weighted by atomic mass is 32.2. The van der Waals surface area contributed by atoms with Gasteiger partial charge in [-0.2, -0.15) is 0 Å². The minimum Gasteiger partial charge on any atom is -0.360 e. The molecule has 10 heteroatoms. The molecule has 24 heavy (non-hydrogen) atoms. The summed E-state index contributed by atoms with van der Waals surface area (Å²) in [7, 11) is -3.79. The number of nitrogens with zero attached hydrogens (tertiary/aromatic N) is 3. The molecule has 126 valence electrons. The first kappa shape index (κ1) is 16.9. The molecule has 1 aromatic carbocycles. The summed E-state index contributed by atoms with van der Waals surface area (Å²) >= 11 is 2.69. The Morgan fingerprint density at radius 1 is 1.21 bits per heavy atom. The lowest BCUT2D eigenvalue weighted by Crippen LogP contribution is -2.14. The number of hydrogen-bond donors (Lipinski definition) is 1. The van der Waals surface area contributed by atoms with E-state index >= 15 is 0 Å². The number of rotatable bonds is 6. The molecule has 0 unspecified atom stereocenters. The maximum atomic E-state index is 12.4. The van der Waals surface area contributed by atoms with E-state index in [9.17, 15) is 8.42 Å². The van der Waals surface area contributed by atoms with E-state index in [1.807, 2.05) is 30.3 Å². The van der Waals surface area contributed by atoms with E-state index in [2.05, 4.69) is 20.1 Å². The SMILES string of the molecule is Cc1noc(C)c1S(=O)(=O)Nc1nnc(SCc2ccccc2)s1. The van der Waals surface area contributed by atoms with Gasteiger partial charge < -0.3 is 4.52 Å². The summed E-state index contributed by atoms with van der Waals surface area (Å²) in [6, 6.07) is 9.95. The quantitative estimate of drug-likeness (QED) is 0.654. The summed E-state index contributed by atoms with van der Waals surface area (Å²) in [5.74, 6) is 0.981. The van der Waals surface area contributed by atoms with Crippen molar-refractivity contribution in [2.75, 3.05) is 4.72 Å². The van der Waals surface area contributed by atoms with E-state index in [1.54, 1.807) is 13.8 Å². The molecule has 7 nitrogen and oxygen atoms in total. The molecule has 0 atom stereocenters. The molecule has 0 spiro atoms. The molecule has 0 aliphatic heterocycles. The molecule has 2 aromatic heterocycles. The molecule has 3 rings (SSSR count). The van der Waals surface area contributed by atoms with Crippen molar-refractivity contribution in [3.05, 3.63) is 47.3 Å². The summed E-state index contributed by atoms with van der Waals surface area (Å²) in [6.45, 7) is 3.13. The zero-order valence-corrected chi connectivity index (χ0v) is 15.3. The molecule has 0 saturated carbocycles. The highest BCUT2D eigenvalue weighted by molar-refractivity contribution is 8.00. The average Bonchev–Trinajstić information content (AvgIpc) is 3.12. The smallest absolute Gasteiger partial charge is 0.269 e. The zero-order chi connectivity index (χ0) is 17.2.